The summed E-state index contributed by atoms with van der Waals surface area (Å²) in [5.41, 5.74) is 5.52. The van der Waals surface area contributed by atoms with E-state index in [0.717, 1.165) is 27.3 Å². The highest BCUT2D eigenvalue weighted by molar-refractivity contribution is 6.20. The summed E-state index contributed by atoms with van der Waals surface area (Å²) in [6.07, 6.45) is 3.64. The molecule has 1 atom stereocenters. The van der Waals surface area contributed by atoms with Gasteiger partial charge in [0.1, 0.15) is 5.75 Å². The average Bonchev–Trinajstić information content (AvgIpc) is 3.29. The Morgan fingerprint density at radius 3 is 2.40 bits per heavy atom. The molecule has 5 aromatic rings. The number of nitrogens with one attached hydrogen (secondary N) is 1. The minimum Gasteiger partial charge on any atom is -0.455 e. The monoisotopic (exact) mass is 597 g/mol. The average molecular weight is 598 g/mol. The maximum atomic E-state index is 14.2. The summed E-state index contributed by atoms with van der Waals surface area (Å²) < 4.78 is 6.22. The third-order valence-electron chi connectivity index (χ3n) is 7.75. The van der Waals surface area contributed by atoms with Gasteiger partial charge < -0.3 is 10.1 Å². The molecule has 6 rings (SSSR count). The van der Waals surface area contributed by atoms with Crippen molar-refractivity contribution in [2.24, 2.45) is 0 Å². The zero-order valence-electron chi connectivity index (χ0n) is 24.9. The molecule has 0 aliphatic carbocycles. The van der Waals surface area contributed by atoms with Crippen LogP contribution < -0.4 is 10.1 Å². The Balaban J connectivity index is 1.32. The molecule has 0 fully saturated rings. The number of aryl methyl sites for hydroxylation is 2. The number of pyridine rings is 1. The number of nitrogens with zero attached hydrogens (tertiary/aromatic N) is 2. The Hall–Kier alpha value is -5.60. The highest BCUT2D eigenvalue weighted by Gasteiger charge is 2.37. The number of amides is 3. The molecule has 1 aromatic heterocycles. The largest absolute Gasteiger partial charge is 0.455 e. The lowest BCUT2D eigenvalue weighted by atomic mass is 9.99. The third-order valence-corrected chi connectivity index (χ3v) is 7.75. The van der Waals surface area contributed by atoms with Gasteiger partial charge in [-0.25, -0.2) is 0 Å². The van der Waals surface area contributed by atoms with Gasteiger partial charge in [0.2, 0.25) is 0 Å². The minimum absolute atomic E-state index is 0.134. The van der Waals surface area contributed by atoms with Crippen LogP contribution in [0.5, 0.6) is 11.5 Å². The summed E-state index contributed by atoms with van der Waals surface area (Å²) in [7, 11) is 0. The second-order valence-electron chi connectivity index (χ2n) is 10.9. The van der Waals surface area contributed by atoms with Crippen molar-refractivity contribution in [2.75, 3.05) is 6.61 Å². The predicted molar refractivity (Wildman–Crippen MR) is 172 cm³/mol. The van der Waals surface area contributed by atoms with E-state index in [1.165, 1.54) is 6.20 Å². The molecule has 224 valence electrons. The van der Waals surface area contributed by atoms with Crippen LogP contribution in [-0.2, 0) is 11.3 Å². The Morgan fingerprint density at radius 1 is 0.933 bits per heavy atom. The van der Waals surface area contributed by atoms with E-state index >= 15 is 0 Å². The molecule has 8 heteroatoms. The number of carbonyl (C=O) groups is 3. The van der Waals surface area contributed by atoms with Gasteiger partial charge >= 0.3 is 0 Å². The Morgan fingerprint density at radius 2 is 1.67 bits per heavy atom. The van der Waals surface area contributed by atoms with Crippen molar-refractivity contribution in [1.29, 1.82) is 0 Å². The van der Waals surface area contributed by atoms with Gasteiger partial charge in [-0.1, -0.05) is 78.9 Å². The van der Waals surface area contributed by atoms with Crippen LogP contribution in [0, 0.1) is 13.8 Å². The molecule has 0 saturated heterocycles. The van der Waals surface area contributed by atoms with Crippen molar-refractivity contribution in [1.82, 2.24) is 15.4 Å². The summed E-state index contributed by atoms with van der Waals surface area (Å²) in [5.74, 6) is -0.683. The number of hydroxylamine groups is 2. The number of carbonyl (C=O) groups excluding carboxylic acids is 3. The fourth-order valence-electron chi connectivity index (χ4n) is 5.47. The van der Waals surface area contributed by atoms with E-state index in [0.29, 0.717) is 28.6 Å². The first-order chi connectivity index (χ1) is 21.8. The van der Waals surface area contributed by atoms with Crippen LogP contribution >= 0.6 is 0 Å². The van der Waals surface area contributed by atoms with E-state index in [2.05, 4.69) is 22.9 Å². The van der Waals surface area contributed by atoms with Gasteiger partial charge in [0.25, 0.3) is 17.7 Å². The van der Waals surface area contributed by atoms with E-state index in [4.69, 9.17) is 9.57 Å². The lowest BCUT2D eigenvalue weighted by molar-refractivity contribution is -0.0968. The Bertz CT molecular complexity index is 1930. The smallest absolute Gasteiger partial charge is 0.285 e. The van der Waals surface area contributed by atoms with E-state index in [1.54, 1.807) is 36.4 Å². The summed E-state index contributed by atoms with van der Waals surface area (Å²) in [6.45, 7) is 7.71. The van der Waals surface area contributed by atoms with E-state index in [9.17, 15) is 14.4 Å². The van der Waals surface area contributed by atoms with Crippen molar-refractivity contribution in [3.8, 4) is 11.5 Å². The van der Waals surface area contributed by atoms with E-state index in [1.807, 2.05) is 68.4 Å². The van der Waals surface area contributed by atoms with Crippen molar-refractivity contribution in [3.63, 3.8) is 0 Å². The molecule has 0 spiro atoms. The first kappa shape index (κ1) is 29.5. The lowest BCUT2D eigenvalue weighted by Crippen LogP contribution is -2.43. The van der Waals surface area contributed by atoms with Crippen LogP contribution in [0.3, 0.4) is 0 Å². The number of fused-ring (bicyclic) bond motifs is 2. The van der Waals surface area contributed by atoms with E-state index in [-0.39, 0.29) is 23.5 Å². The molecule has 1 aliphatic rings. The maximum absolute atomic E-state index is 14.2. The van der Waals surface area contributed by atoms with Crippen LogP contribution in [0.4, 0.5) is 0 Å². The van der Waals surface area contributed by atoms with Gasteiger partial charge in [-0.05, 0) is 67.3 Å². The SMILES string of the molecule is C=Cc1cccc(Oc2cnc3ccccc3c2C(=O)N[C@@H](CON2C(=O)c3ccccc3C2=O)Cc2ccc(C)cc2C)c1. The summed E-state index contributed by atoms with van der Waals surface area (Å²) >= 11 is 0. The molecule has 0 unspecified atom stereocenters. The van der Waals surface area contributed by atoms with Gasteiger partial charge in [-0.15, -0.1) is 5.06 Å². The molecule has 2 heterocycles. The number of rotatable bonds is 10. The fourth-order valence-corrected chi connectivity index (χ4v) is 5.47. The van der Waals surface area contributed by atoms with Crippen molar-refractivity contribution >= 4 is 34.7 Å². The van der Waals surface area contributed by atoms with Gasteiger partial charge in [0.05, 0.1) is 41.1 Å². The fraction of sp³-hybridized carbons (Fsp3) is 0.135. The number of ether oxygens (including phenoxy) is 1. The van der Waals surface area contributed by atoms with Crippen molar-refractivity contribution in [3.05, 3.63) is 143 Å². The van der Waals surface area contributed by atoms with Crippen LogP contribution in [0.1, 0.15) is 53.3 Å². The minimum atomic E-state index is -0.618. The zero-order chi connectivity index (χ0) is 31.5. The molecule has 4 aromatic carbocycles. The number of para-hydroxylation sites is 1. The zero-order valence-corrected chi connectivity index (χ0v) is 24.9. The summed E-state index contributed by atoms with van der Waals surface area (Å²) in [6, 6.07) is 26.7. The molecule has 1 aliphatic heterocycles. The molecule has 1 N–H and O–H groups in total. The summed E-state index contributed by atoms with van der Waals surface area (Å²) in [5, 5.41) is 4.48. The first-order valence-electron chi connectivity index (χ1n) is 14.6. The highest BCUT2D eigenvalue weighted by Crippen LogP contribution is 2.31. The Kier molecular flexibility index (Phi) is 8.22. The number of benzene rings is 4. The van der Waals surface area contributed by atoms with Crippen LogP contribution in [0.15, 0.2) is 104 Å². The molecule has 3 amide bonds. The number of hydrogen-bond acceptors (Lipinski definition) is 6. The Labute approximate surface area is 260 Å². The second-order valence-corrected chi connectivity index (χ2v) is 10.9. The van der Waals surface area contributed by atoms with Crippen molar-refractivity contribution < 1.29 is 24.0 Å². The third kappa shape index (κ3) is 6.09. The highest BCUT2D eigenvalue weighted by atomic mass is 16.7. The van der Waals surface area contributed by atoms with Gasteiger partial charge in [0.15, 0.2) is 5.75 Å². The standard InChI is InChI=1S/C37H31N3O5/c1-4-25-10-9-11-28(19-25)45-33-21-38-32-15-8-7-14-31(32)34(33)35(41)39-27(20-26-17-16-23(2)18-24(26)3)22-44-40-36(42)29-12-5-6-13-30(29)37(40)43/h4-19,21,27H,1,20,22H2,2-3H3,(H,39,41)/t27-/m1/s1. The normalized spacial score (nSPS) is 13.1. The second kappa shape index (κ2) is 12.6. The molecule has 8 nitrogen and oxygen atoms in total. The topological polar surface area (TPSA) is 97.8 Å². The van der Waals surface area contributed by atoms with Crippen molar-refractivity contribution in [2.45, 2.75) is 26.3 Å². The number of imide groups is 1. The lowest BCUT2D eigenvalue weighted by Gasteiger charge is -2.23. The molecule has 0 saturated carbocycles. The number of hydrogen-bond donors (Lipinski definition) is 1. The molecule has 45 heavy (non-hydrogen) atoms. The first-order valence-corrected chi connectivity index (χ1v) is 14.6. The quantitative estimate of drug-likeness (QED) is 0.177. The maximum Gasteiger partial charge on any atom is 0.285 e. The number of aromatic nitrogens is 1. The molecular formula is C37H31N3O5. The van der Waals surface area contributed by atoms with E-state index < -0.39 is 23.8 Å². The van der Waals surface area contributed by atoms with Crippen LogP contribution in [-0.4, -0.2) is 40.4 Å². The van der Waals surface area contributed by atoms with Crippen LogP contribution in [0.25, 0.3) is 17.0 Å². The molecular weight excluding hydrogens is 566 g/mol. The predicted octanol–water partition coefficient (Wildman–Crippen LogP) is 6.86. The van der Waals surface area contributed by atoms with Crippen LogP contribution in [0.2, 0.25) is 0 Å². The molecule has 0 bridgehead atoms. The van der Waals surface area contributed by atoms with Gasteiger partial charge in [-0.3, -0.25) is 24.2 Å². The summed E-state index contributed by atoms with van der Waals surface area (Å²) in [4.78, 5) is 50.5. The van der Waals surface area contributed by atoms with Gasteiger partial charge in [0, 0.05) is 5.39 Å². The van der Waals surface area contributed by atoms with Gasteiger partial charge in [-0.2, -0.15) is 0 Å². The molecule has 0 radical (unpaired) electrons.